The zero-order valence-electron chi connectivity index (χ0n) is 15.1. The van der Waals surface area contributed by atoms with E-state index in [0.717, 1.165) is 5.56 Å². The molecule has 2 N–H and O–H groups in total. The number of oxazole rings is 1. The van der Waals surface area contributed by atoms with Gasteiger partial charge >= 0.3 is 11.9 Å². The molecule has 0 aliphatic heterocycles. The van der Waals surface area contributed by atoms with E-state index >= 15 is 0 Å². The lowest BCUT2D eigenvalue weighted by molar-refractivity contribution is -0.142. The van der Waals surface area contributed by atoms with Crippen LogP contribution in [0.4, 0.5) is 0 Å². The van der Waals surface area contributed by atoms with E-state index in [4.69, 9.17) is 16.0 Å². The number of nitrogens with zero attached hydrogens (tertiary/aromatic N) is 2. The van der Waals surface area contributed by atoms with Crippen LogP contribution >= 0.6 is 11.6 Å². The van der Waals surface area contributed by atoms with Crippen molar-refractivity contribution in [1.29, 1.82) is 5.26 Å². The maximum absolute atomic E-state index is 12.6. The topological polar surface area (TPSA) is 116 Å². The number of halogens is 1. The molecule has 2 aromatic carbocycles. The van der Waals surface area contributed by atoms with Gasteiger partial charge in [-0.1, -0.05) is 29.8 Å². The quantitative estimate of drug-likeness (QED) is 0.678. The highest BCUT2D eigenvalue weighted by Gasteiger charge is 2.43. The third-order valence-electron chi connectivity index (χ3n) is 5.28. The molecule has 1 aliphatic carbocycles. The molecule has 1 aromatic heterocycles. The van der Waals surface area contributed by atoms with E-state index in [1.165, 1.54) is 0 Å². The SMILES string of the molecule is N#Cc1cc(C2CCC(NC(=O)c3nc4ccccc4o3)C2C(=O)O)ccc1Cl. The first kappa shape index (κ1) is 19.0. The monoisotopic (exact) mass is 409 g/mol. The van der Waals surface area contributed by atoms with Crippen LogP contribution in [0.25, 0.3) is 11.1 Å². The molecule has 0 saturated heterocycles. The predicted octanol–water partition coefficient (Wildman–Crippen LogP) is 3.73. The van der Waals surface area contributed by atoms with Gasteiger partial charge in [0.1, 0.15) is 11.6 Å². The summed E-state index contributed by atoms with van der Waals surface area (Å²) in [6.45, 7) is 0. The molecule has 29 heavy (non-hydrogen) atoms. The fourth-order valence-electron chi connectivity index (χ4n) is 3.94. The number of para-hydroxylation sites is 2. The predicted molar refractivity (Wildman–Crippen MR) is 105 cm³/mol. The fraction of sp³-hybridized carbons (Fsp3) is 0.238. The lowest BCUT2D eigenvalue weighted by Crippen LogP contribution is -2.41. The number of hydrogen-bond acceptors (Lipinski definition) is 5. The van der Waals surface area contributed by atoms with E-state index in [1.54, 1.807) is 42.5 Å². The largest absolute Gasteiger partial charge is 0.481 e. The molecule has 1 fully saturated rings. The summed E-state index contributed by atoms with van der Waals surface area (Å²) >= 11 is 5.99. The van der Waals surface area contributed by atoms with Gasteiger partial charge in [-0.25, -0.2) is 4.98 Å². The first-order chi connectivity index (χ1) is 14.0. The van der Waals surface area contributed by atoms with E-state index in [1.807, 2.05) is 6.07 Å². The van der Waals surface area contributed by atoms with Crippen LogP contribution in [0.3, 0.4) is 0 Å². The molecule has 146 valence electrons. The smallest absolute Gasteiger partial charge is 0.309 e. The van der Waals surface area contributed by atoms with Crippen LogP contribution in [0.5, 0.6) is 0 Å². The van der Waals surface area contributed by atoms with E-state index in [-0.39, 0.29) is 11.8 Å². The second-order valence-corrected chi connectivity index (χ2v) is 7.37. The molecular weight excluding hydrogens is 394 g/mol. The van der Waals surface area contributed by atoms with Crippen LogP contribution in [0.15, 0.2) is 46.9 Å². The molecule has 3 unspecified atom stereocenters. The average Bonchev–Trinajstić information content (AvgIpc) is 3.32. The summed E-state index contributed by atoms with van der Waals surface area (Å²) < 4.78 is 5.47. The summed E-state index contributed by atoms with van der Waals surface area (Å²) in [4.78, 5) is 28.8. The highest BCUT2D eigenvalue weighted by atomic mass is 35.5. The van der Waals surface area contributed by atoms with Gasteiger partial charge in [-0.15, -0.1) is 0 Å². The highest BCUT2D eigenvalue weighted by Crippen LogP contribution is 2.41. The summed E-state index contributed by atoms with van der Waals surface area (Å²) in [5, 5.41) is 22.1. The first-order valence-electron chi connectivity index (χ1n) is 9.06. The first-order valence-corrected chi connectivity index (χ1v) is 9.44. The summed E-state index contributed by atoms with van der Waals surface area (Å²) in [7, 11) is 0. The number of amides is 1. The van der Waals surface area contributed by atoms with Gasteiger partial charge < -0.3 is 14.8 Å². The maximum atomic E-state index is 12.6. The van der Waals surface area contributed by atoms with E-state index in [2.05, 4.69) is 10.3 Å². The second kappa shape index (κ2) is 7.57. The molecule has 0 spiro atoms. The van der Waals surface area contributed by atoms with Crippen LogP contribution in [-0.4, -0.2) is 28.0 Å². The average molecular weight is 410 g/mol. The third kappa shape index (κ3) is 3.55. The van der Waals surface area contributed by atoms with E-state index in [0.29, 0.717) is 34.5 Å². The molecule has 1 heterocycles. The van der Waals surface area contributed by atoms with Crippen LogP contribution in [0.1, 0.15) is 40.6 Å². The molecule has 3 atom stereocenters. The Balaban J connectivity index is 1.57. The molecule has 0 bridgehead atoms. The molecule has 1 saturated carbocycles. The Bertz CT molecular complexity index is 1120. The van der Waals surface area contributed by atoms with Crippen LogP contribution < -0.4 is 5.32 Å². The number of aromatic nitrogens is 1. The third-order valence-corrected chi connectivity index (χ3v) is 5.61. The van der Waals surface area contributed by atoms with Crippen molar-refractivity contribution >= 4 is 34.6 Å². The van der Waals surface area contributed by atoms with Crippen LogP contribution in [0, 0.1) is 17.2 Å². The number of nitriles is 1. The number of carbonyl (C=O) groups is 2. The lowest BCUT2D eigenvalue weighted by Gasteiger charge is -2.22. The molecule has 0 radical (unpaired) electrons. The highest BCUT2D eigenvalue weighted by molar-refractivity contribution is 6.31. The van der Waals surface area contributed by atoms with Crippen molar-refractivity contribution in [1.82, 2.24) is 10.3 Å². The van der Waals surface area contributed by atoms with Crippen LogP contribution in [-0.2, 0) is 4.79 Å². The summed E-state index contributed by atoms with van der Waals surface area (Å²) in [6.07, 6.45) is 1.04. The fourth-order valence-corrected chi connectivity index (χ4v) is 4.10. The standard InChI is InChI=1S/C21H16ClN3O4/c22-14-7-5-11(9-12(14)10-23)13-6-8-16(18(13)21(27)28)24-19(26)20-25-15-3-1-2-4-17(15)29-20/h1-5,7,9,13,16,18H,6,8H2,(H,24,26)(H,27,28). The number of rotatable bonds is 4. The second-order valence-electron chi connectivity index (χ2n) is 6.97. The molecule has 4 rings (SSSR count). The van der Waals surface area contributed by atoms with Crippen LogP contribution in [0.2, 0.25) is 5.02 Å². The van der Waals surface area contributed by atoms with Gasteiger partial charge in [0, 0.05) is 6.04 Å². The summed E-state index contributed by atoms with van der Waals surface area (Å²) in [5.74, 6) is -2.84. The minimum Gasteiger partial charge on any atom is -0.481 e. The van der Waals surface area contributed by atoms with Gasteiger partial charge in [-0.05, 0) is 48.6 Å². The Labute approximate surface area is 170 Å². The molecule has 1 aliphatic rings. The number of carboxylic acids is 1. The number of carboxylic acid groups (broad SMARTS) is 1. The van der Waals surface area contributed by atoms with Gasteiger partial charge in [0.25, 0.3) is 5.89 Å². The number of nitrogens with one attached hydrogen (secondary N) is 1. The van der Waals surface area contributed by atoms with Gasteiger partial charge in [-0.2, -0.15) is 5.26 Å². The number of aliphatic carboxylic acids is 1. The van der Waals surface area contributed by atoms with Gasteiger partial charge in [0.15, 0.2) is 5.58 Å². The number of fused-ring (bicyclic) bond motifs is 1. The van der Waals surface area contributed by atoms with Gasteiger partial charge in [-0.3, -0.25) is 9.59 Å². The normalized spacial score (nSPS) is 21.0. The van der Waals surface area contributed by atoms with E-state index < -0.39 is 23.8 Å². The molecule has 1 amide bonds. The Morgan fingerprint density at radius 3 is 2.76 bits per heavy atom. The molecule has 7 nitrogen and oxygen atoms in total. The Kier molecular flexibility index (Phi) is 4.95. The Morgan fingerprint density at radius 2 is 2.03 bits per heavy atom. The zero-order valence-corrected chi connectivity index (χ0v) is 15.9. The minimum absolute atomic E-state index is 0.1000. The van der Waals surface area contributed by atoms with Crippen molar-refractivity contribution in [3.63, 3.8) is 0 Å². The summed E-state index contributed by atoms with van der Waals surface area (Å²) in [6, 6.07) is 13.4. The lowest BCUT2D eigenvalue weighted by atomic mass is 9.86. The van der Waals surface area contributed by atoms with Crippen molar-refractivity contribution in [2.24, 2.45) is 5.92 Å². The van der Waals surface area contributed by atoms with Crippen molar-refractivity contribution in [3.05, 3.63) is 64.5 Å². The zero-order chi connectivity index (χ0) is 20.5. The maximum Gasteiger partial charge on any atom is 0.309 e. The molecule has 3 aromatic rings. The van der Waals surface area contributed by atoms with Crippen molar-refractivity contribution in [3.8, 4) is 6.07 Å². The minimum atomic E-state index is -1.01. The van der Waals surface area contributed by atoms with Crippen molar-refractivity contribution in [2.75, 3.05) is 0 Å². The Hall–Kier alpha value is -3.37. The van der Waals surface area contributed by atoms with Crippen molar-refractivity contribution < 1.29 is 19.1 Å². The summed E-state index contributed by atoms with van der Waals surface area (Å²) in [5.41, 5.74) is 2.06. The molecular formula is C21H16ClN3O4. The number of benzene rings is 2. The number of carbonyl (C=O) groups excluding carboxylic acids is 1. The molecule has 8 heteroatoms. The Morgan fingerprint density at radius 1 is 1.24 bits per heavy atom. The van der Waals surface area contributed by atoms with Gasteiger partial charge in [0.05, 0.1) is 16.5 Å². The number of hydrogen-bond donors (Lipinski definition) is 2. The van der Waals surface area contributed by atoms with E-state index in [9.17, 15) is 20.0 Å². The van der Waals surface area contributed by atoms with Crippen molar-refractivity contribution in [2.45, 2.75) is 24.8 Å². The van der Waals surface area contributed by atoms with Gasteiger partial charge in [0.2, 0.25) is 0 Å².